The molecule has 0 bridgehead atoms. The van der Waals surface area contributed by atoms with Crippen LogP contribution in [-0.2, 0) is 0 Å². The van der Waals surface area contributed by atoms with Crippen LogP contribution in [0.4, 0.5) is 0 Å². The second kappa shape index (κ2) is 5.19. The van der Waals surface area contributed by atoms with E-state index in [-0.39, 0.29) is 5.54 Å². The van der Waals surface area contributed by atoms with Crippen LogP contribution in [0.25, 0.3) is 0 Å². The van der Waals surface area contributed by atoms with Crippen molar-refractivity contribution >= 4 is 0 Å². The number of nitrogens with zero attached hydrogens (tertiary/aromatic N) is 1. The van der Waals surface area contributed by atoms with Crippen LogP contribution in [0.2, 0.25) is 0 Å². The molecule has 0 amide bonds. The quantitative estimate of drug-likeness (QED) is 0.858. The monoisotopic (exact) mass is 232 g/mol. The van der Waals surface area contributed by atoms with E-state index < -0.39 is 0 Å². The molecule has 0 heterocycles. The Morgan fingerprint density at radius 1 is 1.12 bits per heavy atom. The van der Waals surface area contributed by atoms with Crippen molar-refractivity contribution in [1.82, 2.24) is 10.2 Å². The number of benzene rings is 1. The van der Waals surface area contributed by atoms with E-state index in [0.29, 0.717) is 6.04 Å². The molecule has 1 atom stereocenters. The lowest BCUT2D eigenvalue weighted by molar-refractivity contribution is 0.108. The Hall–Kier alpha value is -0.860. The Balaban J connectivity index is 2.33. The van der Waals surface area contributed by atoms with Gasteiger partial charge in [-0.05, 0) is 39.5 Å². The third-order valence-corrected chi connectivity index (χ3v) is 4.32. The predicted molar refractivity (Wildman–Crippen MR) is 73.1 cm³/mol. The summed E-state index contributed by atoms with van der Waals surface area (Å²) in [6.07, 6.45) is 5.28. The topological polar surface area (TPSA) is 15.3 Å². The van der Waals surface area contributed by atoms with Crippen LogP contribution < -0.4 is 5.32 Å². The molecule has 2 nitrogen and oxygen atoms in total. The first-order chi connectivity index (χ1) is 8.20. The molecule has 1 N–H and O–H groups in total. The molecule has 2 heteroatoms. The van der Waals surface area contributed by atoms with Gasteiger partial charge in [0.05, 0.1) is 6.04 Å². The first-order valence-electron chi connectivity index (χ1n) is 6.60. The van der Waals surface area contributed by atoms with E-state index in [2.05, 4.69) is 61.7 Å². The van der Waals surface area contributed by atoms with Crippen LogP contribution in [0.5, 0.6) is 0 Å². The van der Waals surface area contributed by atoms with Crippen molar-refractivity contribution in [3.05, 3.63) is 35.9 Å². The minimum atomic E-state index is 0.288. The summed E-state index contributed by atoms with van der Waals surface area (Å²) in [7, 11) is 6.53. The Morgan fingerprint density at radius 2 is 1.71 bits per heavy atom. The summed E-state index contributed by atoms with van der Waals surface area (Å²) in [6, 6.07) is 11.3. The Kier molecular flexibility index (Phi) is 3.85. The molecule has 94 valence electrons. The first kappa shape index (κ1) is 12.6. The van der Waals surface area contributed by atoms with Crippen molar-refractivity contribution in [2.75, 3.05) is 21.1 Å². The van der Waals surface area contributed by atoms with Gasteiger partial charge >= 0.3 is 0 Å². The molecular formula is C15H24N2. The lowest BCUT2D eigenvalue weighted by atomic mass is 9.82. The van der Waals surface area contributed by atoms with Gasteiger partial charge in [-0.2, -0.15) is 0 Å². The molecule has 0 aromatic heterocycles. The Labute approximate surface area is 105 Å². The molecule has 0 aliphatic heterocycles. The maximum absolute atomic E-state index is 3.54. The third kappa shape index (κ3) is 2.24. The predicted octanol–water partition coefficient (Wildman–Crippen LogP) is 2.82. The van der Waals surface area contributed by atoms with Crippen molar-refractivity contribution in [2.45, 2.75) is 37.3 Å². The van der Waals surface area contributed by atoms with Crippen LogP contribution >= 0.6 is 0 Å². The third-order valence-electron chi connectivity index (χ3n) is 4.32. The molecule has 0 saturated heterocycles. The Bertz CT molecular complexity index is 339. The largest absolute Gasteiger partial charge is 0.311 e. The SMILES string of the molecule is CNC(c1ccccc1)C1(N(C)C)CCCC1. The van der Waals surface area contributed by atoms with Gasteiger partial charge in [-0.15, -0.1) is 0 Å². The minimum absolute atomic E-state index is 0.288. The summed E-state index contributed by atoms with van der Waals surface area (Å²) in [6.45, 7) is 0. The van der Waals surface area contributed by atoms with Gasteiger partial charge in [-0.1, -0.05) is 43.2 Å². The number of likely N-dealkylation sites (N-methyl/N-ethyl adjacent to an activating group) is 2. The van der Waals surface area contributed by atoms with E-state index in [4.69, 9.17) is 0 Å². The maximum atomic E-state index is 3.54. The van der Waals surface area contributed by atoms with Gasteiger partial charge in [0.2, 0.25) is 0 Å². The van der Waals surface area contributed by atoms with E-state index in [1.807, 2.05) is 0 Å². The average Bonchev–Trinajstić information content (AvgIpc) is 2.82. The number of hydrogen-bond donors (Lipinski definition) is 1. The molecule has 0 radical (unpaired) electrons. The molecule has 1 unspecified atom stereocenters. The van der Waals surface area contributed by atoms with E-state index in [1.54, 1.807) is 0 Å². The van der Waals surface area contributed by atoms with E-state index in [1.165, 1.54) is 31.2 Å². The fourth-order valence-corrected chi connectivity index (χ4v) is 3.37. The van der Waals surface area contributed by atoms with Crippen molar-refractivity contribution in [3.8, 4) is 0 Å². The van der Waals surface area contributed by atoms with E-state index in [9.17, 15) is 0 Å². The van der Waals surface area contributed by atoms with Crippen molar-refractivity contribution in [3.63, 3.8) is 0 Å². The number of nitrogens with one attached hydrogen (secondary N) is 1. The van der Waals surface area contributed by atoms with Crippen LogP contribution in [0.3, 0.4) is 0 Å². The maximum Gasteiger partial charge on any atom is 0.0504 e. The molecular weight excluding hydrogens is 208 g/mol. The summed E-state index contributed by atoms with van der Waals surface area (Å²) >= 11 is 0. The molecule has 0 spiro atoms. The van der Waals surface area contributed by atoms with E-state index in [0.717, 1.165) is 0 Å². The van der Waals surface area contributed by atoms with Crippen LogP contribution in [0.1, 0.15) is 37.3 Å². The van der Waals surface area contributed by atoms with Gasteiger partial charge < -0.3 is 10.2 Å². The van der Waals surface area contributed by atoms with Gasteiger partial charge in [0.15, 0.2) is 0 Å². The minimum Gasteiger partial charge on any atom is -0.311 e. The molecule has 2 rings (SSSR count). The van der Waals surface area contributed by atoms with Crippen LogP contribution in [0, 0.1) is 0 Å². The van der Waals surface area contributed by atoms with Crippen LogP contribution in [0.15, 0.2) is 30.3 Å². The van der Waals surface area contributed by atoms with Gasteiger partial charge in [0, 0.05) is 5.54 Å². The summed E-state index contributed by atoms with van der Waals surface area (Å²) in [5, 5.41) is 3.54. The van der Waals surface area contributed by atoms with Crippen LogP contribution in [-0.4, -0.2) is 31.6 Å². The highest BCUT2D eigenvalue weighted by atomic mass is 15.2. The molecule has 1 aliphatic rings. The summed E-state index contributed by atoms with van der Waals surface area (Å²) < 4.78 is 0. The normalized spacial score (nSPS) is 20.7. The average molecular weight is 232 g/mol. The van der Waals surface area contributed by atoms with E-state index >= 15 is 0 Å². The first-order valence-corrected chi connectivity index (χ1v) is 6.60. The fraction of sp³-hybridized carbons (Fsp3) is 0.600. The molecule has 1 aromatic rings. The lowest BCUT2D eigenvalue weighted by Crippen LogP contribution is -2.51. The molecule has 1 saturated carbocycles. The smallest absolute Gasteiger partial charge is 0.0504 e. The fourth-order valence-electron chi connectivity index (χ4n) is 3.37. The van der Waals surface area contributed by atoms with Gasteiger partial charge in [0.1, 0.15) is 0 Å². The van der Waals surface area contributed by atoms with Gasteiger partial charge in [0.25, 0.3) is 0 Å². The Morgan fingerprint density at radius 3 is 2.18 bits per heavy atom. The lowest BCUT2D eigenvalue weighted by Gasteiger charge is -2.43. The van der Waals surface area contributed by atoms with Crippen molar-refractivity contribution in [2.24, 2.45) is 0 Å². The second-order valence-corrected chi connectivity index (χ2v) is 5.34. The molecule has 1 aliphatic carbocycles. The second-order valence-electron chi connectivity index (χ2n) is 5.34. The number of rotatable bonds is 4. The zero-order valence-corrected chi connectivity index (χ0v) is 11.2. The van der Waals surface area contributed by atoms with Gasteiger partial charge in [-0.3, -0.25) is 0 Å². The summed E-state index contributed by atoms with van der Waals surface area (Å²) in [5.41, 5.74) is 1.70. The summed E-state index contributed by atoms with van der Waals surface area (Å²) in [5.74, 6) is 0. The molecule has 1 fully saturated rings. The zero-order valence-electron chi connectivity index (χ0n) is 11.2. The zero-order chi connectivity index (χ0) is 12.3. The van der Waals surface area contributed by atoms with Crippen molar-refractivity contribution < 1.29 is 0 Å². The van der Waals surface area contributed by atoms with Crippen molar-refractivity contribution in [1.29, 1.82) is 0 Å². The standard InChI is InChI=1S/C15H24N2/c1-16-14(13-9-5-4-6-10-13)15(17(2)3)11-7-8-12-15/h4-6,9-10,14,16H,7-8,11-12H2,1-3H3. The highest BCUT2D eigenvalue weighted by Crippen LogP contribution is 2.43. The highest BCUT2D eigenvalue weighted by molar-refractivity contribution is 5.24. The number of hydrogen-bond acceptors (Lipinski definition) is 2. The van der Waals surface area contributed by atoms with Gasteiger partial charge in [-0.25, -0.2) is 0 Å². The highest BCUT2D eigenvalue weighted by Gasteiger charge is 2.43. The molecule has 1 aromatic carbocycles. The summed E-state index contributed by atoms with van der Waals surface area (Å²) in [4.78, 5) is 2.42. The molecule has 17 heavy (non-hydrogen) atoms.